The molecule has 0 saturated carbocycles. The number of amides is 1. The van der Waals surface area contributed by atoms with E-state index in [-0.39, 0.29) is 30.7 Å². The Morgan fingerprint density at radius 3 is 2.67 bits per heavy atom. The zero-order valence-electron chi connectivity index (χ0n) is 15.3. The number of nitrogens with zero attached hydrogens (tertiary/aromatic N) is 2. The summed E-state index contributed by atoms with van der Waals surface area (Å²) < 4.78 is 7.83. The lowest BCUT2D eigenvalue weighted by Crippen LogP contribution is -2.30. The molecule has 0 atom stereocenters. The van der Waals surface area contributed by atoms with Gasteiger partial charge in [0.05, 0.1) is 11.3 Å². The molecule has 1 amide bonds. The fourth-order valence-corrected chi connectivity index (χ4v) is 2.55. The second-order valence-electron chi connectivity index (χ2n) is 5.85. The van der Waals surface area contributed by atoms with E-state index >= 15 is 0 Å². The Morgan fingerprint density at radius 1 is 1.11 bits per heavy atom. The minimum atomic E-state index is -0.142. The number of carbonyl (C=O) groups excluding carboxylic acids is 1. The van der Waals surface area contributed by atoms with Crippen molar-refractivity contribution in [2.45, 2.75) is 13.5 Å². The Kier molecular flexibility index (Phi) is 9.08. The predicted molar refractivity (Wildman–Crippen MR) is 111 cm³/mol. The SMILES string of the molecule is CNCCNC(=O)c1ccccc1OCc1cn2cc(C)ccc2n1.Cl.Cl. The smallest absolute Gasteiger partial charge is 0.255 e. The largest absolute Gasteiger partial charge is 0.486 e. The summed E-state index contributed by atoms with van der Waals surface area (Å²) in [7, 11) is 1.85. The highest BCUT2D eigenvalue weighted by Gasteiger charge is 2.12. The molecule has 0 aliphatic rings. The van der Waals surface area contributed by atoms with Gasteiger partial charge in [-0.05, 0) is 37.7 Å². The van der Waals surface area contributed by atoms with Crippen LogP contribution in [0.25, 0.3) is 5.65 Å². The molecule has 0 saturated heterocycles. The summed E-state index contributed by atoms with van der Waals surface area (Å²) in [6.45, 7) is 3.63. The minimum absolute atomic E-state index is 0. The van der Waals surface area contributed by atoms with Crippen molar-refractivity contribution in [1.82, 2.24) is 20.0 Å². The second kappa shape index (κ2) is 10.8. The number of hydrogen-bond acceptors (Lipinski definition) is 4. The quantitative estimate of drug-likeness (QED) is 0.587. The molecular weight excluding hydrogens is 387 g/mol. The van der Waals surface area contributed by atoms with Crippen LogP contribution in [0.3, 0.4) is 0 Å². The van der Waals surface area contributed by atoms with E-state index in [4.69, 9.17) is 4.74 Å². The molecule has 0 aliphatic carbocycles. The summed E-state index contributed by atoms with van der Waals surface area (Å²) in [4.78, 5) is 16.8. The van der Waals surface area contributed by atoms with Crippen LogP contribution in [-0.4, -0.2) is 35.4 Å². The summed E-state index contributed by atoms with van der Waals surface area (Å²) in [5, 5.41) is 5.86. The van der Waals surface area contributed by atoms with Crippen LogP contribution in [0.2, 0.25) is 0 Å². The van der Waals surface area contributed by atoms with E-state index in [1.807, 2.05) is 55.0 Å². The Balaban J connectivity index is 0.00000182. The molecule has 0 spiro atoms. The third-order valence-electron chi connectivity index (χ3n) is 3.82. The average molecular weight is 411 g/mol. The number of likely N-dealkylation sites (N-methyl/N-ethyl adjacent to an activating group) is 1. The summed E-state index contributed by atoms with van der Waals surface area (Å²) >= 11 is 0. The van der Waals surface area contributed by atoms with E-state index in [9.17, 15) is 4.79 Å². The van der Waals surface area contributed by atoms with Gasteiger partial charge < -0.3 is 19.8 Å². The minimum Gasteiger partial charge on any atom is -0.486 e. The molecule has 3 rings (SSSR count). The van der Waals surface area contributed by atoms with Gasteiger partial charge in [0, 0.05) is 25.5 Å². The Labute approximate surface area is 171 Å². The molecule has 0 radical (unpaired) electrons. The average Bonchev–Trinajstić information content (AvgIpc) is 3.02. The highest BCUT2D eigenvalue weighted by Crippen LogP contribution is 2.19. The number of carbonyl (C=O) groups is 1. The van der Waals surface area contributed by atoms with E-state index in [0.29, 0.717) is 24.5 Å². The number of hydrogen-bond donors (Lipinski definition) is 2. The van der Waals surface area contributed by atoms with Crippen molar-refractivity contribution < 1.29 is 9.53 Å². The maximum atomic E-state index is 12.3. The van der Waals surface area contributed by atoms with Crippen molar-refractivity contribution in [3.63, 3.8) is 0 Å². The van der Waals surface area contributed by atoms with Gasteiger partial charge in [-0.1, -0.05) is 18.2 Å². The third-order valence-corrected chi connectivity index (χ3v) is 3.82. The topological polar surface area (TPSA) is 67.7 Å². The first kappa shape index (κ1) is 22.8. The van der Waals surface area contributed by atoms with Crippen molar-refractivity contribution in [3.8, 4) is 5.75 Å². The summed E-state index contributed by atoms with van der Waals surface area (Å²) in [6, 6.07) is 11.2. The predicted octanol–water partition coefficient (Wildman–Crippen LogP) is 3.01. The highest BCUT2D eigenvalue weighted by molar-refractivity contribution is 5.96. The monoisotopic (exact) mass is 410 g/mol. The van der Waals surface area contributed by atoms with Gasteiger partial charge in [0.15, 0.2) is 0 Å². The zero-order valence-corrected chi connectivity index (χ0v) is 16.9. The molecule has 146 valence electrons. The van der Waals surface area contributed by atoms with E-state index in [1.165, 1.54) is 5.56 Å². The normalized spacial score (nSPS) is 10.0. The second-order valence-corrected chi connectivity index (χ2v) is 5.85. The van der Waals surface area contributed by atoms with Crippen LogP contribution in [-0.2, 0) is 6.61 Å². The molecule has 0 fully saturated rings. The fourth-order valence-electron chi connectivity index (χ4n) is 2.55. The van der Waals surface area contributed by atoms with Gasteiger partial charge in [-0.2, -0.15) is 0 Å². The standard InChI is InChI=1S/C19H22N4O2.2ClH/c1-14-7-8-18-22-15(12-23(18)11-14)13-25-17-6-4-3-5-16(17)19(24)21-10-9-20-2;;/h3-8,11-12,20H,9-10,13H2,1-2H3,(H,21,24);2*1H. The van der Waals surface area contributed by atoms with Crippen LogP contribution >= 0.6 is 24.8 Å². The molecule has 27 heavy (non-hydrogen) atoms. The van der Waals surface area contributed by atoms with Gasteiger partial charge in [-0.3, -0.25) is 4.79 Å². The number of aromatic nitrogens is 2. The molecule has 1 aromatic carbocycles. The molecule has 0 aliphatic heterocycles. The van der Waals surface area contributed by atoms with Crippen LogP contribution in [0.4, 0.5) is 0 Å². The van der Waals surface area contributed by atoms with Crippen molar-refractivity contribution in [2.75, 3.05) is 20.1 Å². The fraction of sp³-hybridized carbons (Fsp3) is 0.263. The number of para-hydroxylation sites is 1. The molecule has 2 heterocycles. The number of aryl methyl sites for hydroxylation is 1. The van der Waals surface area contributed by atoms with Crippen molar-refractivity contribution >= 4 is 36.4 Å². The van der Waals surface area contributed by atoms with Gasteiger partial charge in [0.25, 0.3) is 5.91 Å². The molecule has 3 aromatic rings. The maximum Gasteiger partial charge on any atom is 0.255 e. The number of fused-ring (bicyclic) bond motifs is 1. The number of benzene rings is 1. The molecule has 6 nitrogen and oxygen atoms in total. The van der Waals surface area contributed by atoms with Crippen LogP contribution in [0.15, 0.2) is 48.8 Å². The molecule has 8 heteroatoms. The summed E-state index contributed by atoms with van der Waals surface area (Å²) in [6.07, 6.45) is 3.97. The lowest BCUT2D eigenvalue weighted by atomic mass is 10.2. The molecular formula is C19H24Cl2N4O2. The van der Waals surface area contributed by atoms with E-state index in [1.54, 1.807) is 12.1 Å². The van der Waals surface area contributed by atoms with Crippen LogP contribution in [0, 0.1) is 6.92 Å². The number of imidazole rings is 1. The first-order valence-corrected chi connectivity index (χ1v) is 8.26. The van der Waals surface area contributed by atoms with Crippen LogP contribution < -0.4 is 15.4 Å². The van der Waals surface area contributed by atoms with E-state index < -0.39 is 0 Å². The number of ether oxygens (including phenoxy) is 1. The van der Waals surface area contributed by atoms with Gasteiger partial charge in [0.1, 0.15) is 18.0 Å². The van der Waals surface area contributed by atoms with E-state index in [2.05, 4.69) is 15.6 Å². The van der Waals surface area contributed by atoms with Crippen molar-refractivity contribution in [2.24, 2.45) is 0 Å². The Hall–Kier alpha value is -2.28. The first-order valence-electron chi connectivity index (χ1n) is 8.26. The molecule has 0 unspecified atom stereocenters. The lowest BCUT2D eigenvalue weighted by Gasteiger charge is -2.10. The highest BCUT2D eigenvalue weighted by atomic mass is 35.5. The third kappa shape index (κ3) is 5.85. The number of pyridine rings is 1. The first-order chi connectivity index (χ1) is 12.2. The lowest BCUT2D eigenvalue weighted by molar-refractivity contribution is 0.0949. The van der Waals surface area contributed by atoms with Gasteiger partial charge in [-0.15, -0.1) is 24.8 Å². The van der Waals surface area contributed by atoms with Crippen molar-refractivity contribution in [3.05, 3.63) is 65.6 Å². The van der Waals surface area contributed by atoms with Gasteiger partial charge >= 0.3 is 0 Å². The Bertz CT molecular complexity index is 883. The number of nitrogens with one attached hydrogen (secondary N) is 2. The molecule has 0 bridgehead atoms. The number of rotatable bonds is 7. The Morgan fingerprint density at radius 2 is 1.89 bits per heavy atom. The van der Waals surface area contributed by atoms with Crippen LogP contribution in [0.1, 0.15) is 21.6 Å². The van der Waals surface area contributed by atoms with Gasteiger partial charge in [0.2, 0.25) is 0 Å². The zero-order chi connectivity index (χ0) is 17.6. The molecule has 2 aromatic heterocycles. The summed E-state index contributed by atoms with van der Waals surface area (Å²) in [5.41, 5.74) is 3.39. The van der Waals surface area contributed by atoms with Gasteiger partial charge in [-0.25, -0.2) is 4.98 Å². The number of halogens is 2. The van der Waals surface area contributed by atoms with Crippen LogP contribution in [0.5, 0.6) is 5.75 Å². The summed E-state index contributed by atoms with van der Waals surface area (Å²) in [5.74, 6) is 0.411. The maximum absolute atomic E-state index is 12.3. The van der Waals surface area contributed by atoms with Crippen molar-refractivity contribution in [1.29, 1.82) is 0 Å². The van der Waals surface area contributed by atoms with E-state index in [0.717, 1.165) is 17.9 Å². The molecule has 2 N–H and O–H groups in total.